The van der Waals surface area contributed by atoms with Crippen LogP contribution in [0.15, 0.2) is 138 Å². The second kappa shape index (κ2) is 9.29. The van der Waals surface area contributed by atoms with E-state index in [0.717, 1.165) is 44.0 Å². The van der Waals surface area contributed by atoms with Crippen LogP contribution >= 0.6 is 0 Å². The highest BCUT2D eigenvalue weighted by Crippen LogP contribution is 2.37. The molecule has 0 atom stereocenters. The summed E-state index contributed by atoms with van der Waals surface area (Å²) in [5, 5.41) is 9.00. The zero-order valence-corrected chi connectivity index (χ0v) is 22.9. The maximum absolute atomic E-state index is 6.15. The van der Waals surface area contributed by atoms with E-state index in [2.05, 4.69) is 108 Å². The van der Waals surface area contributed by atoms with Crippen LogP contribution in [0.4, 0.5) is 0 Å². The van der Waals surface area contributed by atoms with Crippen molar-refractivity contribution in [1.82, 2.24) is 19.9 Å². The summed E-state index contributed by atoms with van der Waals surface area (Å²) >= 11 is 0. The van der Waals surface area contributed by atoms with Crippen molar-refractivity contribution in [1.29, 1.82) is 0 Å². The van der Waals surface area contributed by atoms with Gasteiger partial charge in [0.25, 0.3) is 0 Å². The minimum atomic E-state index is 0.594. The van der Waals surface area contributed by atoms with Crippen molar-refractivity contribution >= 4 is 54.3 Å². The monoisotopic (exact) mass is 550 g/mol. The molecule has 0 fully saturated rings. The van der Waals surface area contributed by atoms with Gasteiger partial charge in [0.2, 0.25) is 0 Å². The molecule has 5 nitrogen and oxygen atoms in total. The largest absolute Gasteiger partial charge is 0.454 e. The smallest absolute Gasteiger partial charge is 0.164 e. The average Bonchev–Trinajstić information content (AvgIpc) is 3.46. The molecule has 6 aromatic carbocycles. The lowest BCUT2D eigenvalue weighted by Crippen LogP contribution is -2.00. The molecule has 0 radical (unpaired) electrons. The van der Waals surface area contributed by atoms with E-state index in [1.807, 2.05) is 18.2 Å². The van der Waals surface area contributed by atoms with E-state index in [1.54, 1.807) is 12.4 Å². The van der Waals surface area contributed by atoms with Crippen molar-refractivity contribution in [2.75, 3.05) is 0 Å². The van der Waals surface area contributed by atoms with Gasteiger partial charge >= 0.3 is 0 Å². The fraction of sp³-hybridized carbons (Fsp3) is 0. The van der Waals surface area contributed by atoms with Gasteiger partial charge in [-0.1, -0.05) is 97.1 Å². The fourth-order valence-corrected chi connectivity index (χ4v) is 6.09. The van der Waals surface area contributed by atoms with Gasteiger partial charge in [0, 0.05) is 33.7 Å². The third kappa shape index (κ3) is 3.86. The van der Waals surface area contributed by atoms with E-state index in [1.165, 1.54) is 26.9 Å². The van der Waals surface area contributed by atoms with Gasteiger partial charge in [-0.3, -0.25) is 4.98 Å². The Hall–Kier alpha value is -5.94. The second-order valence-corrected chi connectivity index (χ2v) is 10.7. The number of hydrogen-bond donors (Lipinski definition) is 0. The summed E-state index contributed by atoms with van der Waals surface area (Å²) in [6.07, 6.45) is 3.53. The maximum Gasteiger partial charge on any atom is 0.164 e. The standard InChI is InChI=1S/C38H22N4O/c1-2-8-26-20-27(16-12-23(26)6-1)36-40-37(28-17-15-25-14-13-24-7-3-4-9-29(24)32(25)21-28)42-38(41-36)31-10-5-11-33-35(31)30-18-19-39-22-34(30)43-33/h1-22H. The SMILES string of the molecule is c1ccc2cc(-c3nc(-c4ccc5ccc6ccccc6c5c4)nc(-c4cccc5oc6cnccc6c45)n3)ccc2c1. The van der Waals surface area contributed by atoms with Gasteiger partial charge in [0.1, 0.15) is 5.58 Å². The zero-order valence-electron chi connectivity index (χ0n) is 22.9. The molecular weight excluding hydrogens is 528 g/mol. The maximum atomic E-state index is 6.15. The van der Waals surface area contributed by atoms with Crippen LogP contribution in [0.3, 0.4) is 0 Å². The van der Waals surface area contributed by atoms with Crippen molar-refractivity contribution in [3.63, 3.8) is 0 Å². The van der Waals surface area contributed by atoms with Crippen LogP contribution < -0.4 is 0 Å². The van der Waals surface area contributed by atoms with Crippen LogP contribution in [0.2, 0.25) is 0 Å². The van der Waals surface area contributed by atoms with Gasteiger partial charge in [-0.2, -0.15) is 0 Å². The van der Waals surface area contributed by atoms with Crippen molar-refractivity contribution in [2.45, 2.75) is 0 Å². The molecule has 0 saturated heterocycles. The Labute approximate surface area is 246 Å². The van der Waals surface area contributed by atoms with E-state index < -0.39 is 0 Å². The Bertz CT molecular complexity index is 2530. The van der Waals surface area contributed by atoms with Gasteiger partial charge in [0.05, 0.1) is 6.20 Å². The van der Waals surface area contributed by atoms with E-state index in [-0.39, 0.29) is 0 Å². The minimum absolute atomic E-state index is 0.594. The molecule has 9 rings (SSSR count). The fourth-order valence-electron chi connectivity index (χ4n) is 6.09. The van der Waals surface area contributed by atoms with Crippen LogP contribution in [0.1, 0.15) is 0 Å². The van der Waals surface area contributed by atoms with Crippen LogP contribution in [-0.2, 0) is 0 Å². The molecular formula is C38H22N4O. The summed E-state index contributed by atoms with van der Waals surface area (Å²) in [5.74, 6) is 1.83. The highest BCUT2D eigenvalue weighted by molar-refractivity contribution is 6.12. The summed E-state index contributed by atoms with van der Waals surface area (Å²) in [5.41, 5.74) is 4.26. The van der Waals surface area contributed by atoms with Crippen molar-refractivity contribution in [3.05, 3.63) is 134 Å². The lowest BCUT2D eigenvalue weighted by atomic mass is 9.99. The molecule has 0 saturated carbocycles. The van der Waals surface area contributed by atoms with Crippen LogP contribution in [0.5, 0.6) is 0 Å². The molecule has 0 aliphatic heterocycles. The van der Waals surface area contributed by atoms with E-state index >= 15 is 0 Å². The number of fused-ring (bicyclic) bond motifs is 7. The molecule has 9 aromatic rings. The molecule has 0 spiro atoms. The van der Waals surface area contributed by atoms with E-state index in [4.69, 9.17) is 19.4 Å². The molecule has 3 heterocycles. The number of hydrogen-bond acceptors (Lipinski definition) is 5. The van der Waals surface area contributed by atoms with Crippen molar-refractivity contribution in [3.8, 4) is 34.2 Å². The molecule has 0 bridgehead atoms. The molecule has 3 aromatic heterocycles. The number of furan rings is 1. The first-order valence-electron chi connectivity index (χ1n) is 14.2. The first-order valence-corrected chi connectivity index (χ1v) is 14.2. The number of benzene rings is 6. The van der Waals surface area contributed by atoms with Gasteiger partial charge < -0.3 is 4.42 Å². The van der Waals surface area contributed by atoms with Crippen LogP contribution in [0, 0.1) is 0 Å². The van der Waals surface area contributed by atoms with E-state index in [9.17, 15) is 0 Å². The Morgan fingerprint density at radius 1 is 0.442 bits per heavy atom. The summed E-state index contributed by atoms with van der Waals surface area (Å²) in [6.45, 7) is 0. The molecule has 200 valence electrons. The summed E-state index contributed by atoms with van der Waals surface area (Å²) < 4.78 is 6.15. The quantitative estimate of drug-likeness (QED) is 0.205. The number of nitrogens with zero attached hydrogens (tertiary/aromatic N) is 4. The summed E-state index contributed by atoms with van der Waals surface area (Å²) in [7, 11) is 0. The second-order valence-electron chi connectivity index (χ2n) is 10.7. The van der Waals surface area contributed by atoms with Gasteiger partial charge in [-0.05, 0) is 56.6 Å². The Morgan fingerprint density at radius 2 is 1.12 bits per heavy atom. The zero-order chi connectivity index (χ0) is 28.3. The minimum Gasteiger partial charge on any atom is -0.454 e. The van der Waals surface area contributed by atoms with Crippen molar-refractivity contribution in [2.24, 2.45) is 0 Å². The highest BCUT2D eigenvalue weighted by atomic mass is 16.3. The number of pyridine rings is 1. The van der Waals surface area contributed by atoms with Crippen LogP contribution in [-0.4, -0.2) is 19.9 Å². The predicted octanol–water partition coefficient (Wildman–Crippen LogP) is 9.63. The first kappa shape index (κ1) is 23.7. The average molecular weight is 551 g/mol. The number of rotatable bonds is 3. The molecule has 5 heteroatoms. The van der Waals surface area contributed by atoms with Crippen LogP contribution in [0.25, 0.3) is 88.4 Å². The van der Waals surface area contributed by atoms with E-state index in [0.29, 0.717) is 17.5 Å². The molecule has 0 N–H and O–H groups in total. The summed E-state index contributed by atoms with van der Waals surface area (Å²) in [4.78, 5) is 19.5. The Kier molecular flexibility index (Phi) is 5.13. The normalized spacial score (nSPS) is 11.7. The highest BCUT2D eigenvalue weighted by Gasteiger charge is 2.18. The third-order valence-electron chi connectivity index (χ3n) is 8.19. The molecule has 0 aliphatic rings. The van der Waals surface area contributed by atoms with Gasteiger partial charge in [-0.15, -0.1) is 0 Å². The third-order valence-corrected chi connectivity index (χ3v) is 8.19. The molecule has 43 heavy (non-hydrogen) atoms. The molecule has 0 unspecified atom stereocenters. The predicted molar refractivity (Wildman–Crippen MR) is 174 cm³/mol. The lowest BCUT2D eigenvalue weighted by Gasteiger charge is -2.11. The molecule has 0 aliphatic carbocycles. The number of aromatic nitrogens is 4. The Morgan fingerprint density at radius 3 is 1.98 bits per heavy atom. The first-order chi connectivity index (χ1) is 21.3. The molecule has 0 amide bonds. The lowest BCUT2D eigenvalue weighted by molar-refractivity contribution is 0.667. The summed E-state index contributed by atoms with van der Waals surface area (Å²) in [6, 6.07) is 41.9. The van der Waals surface area contributed by atoms with Gasteiger partial charge in [0.15, 0.2) is 23.1 Å². The Balaban J connectivity index is 1.32. The topological polar surface area (TPSA) is 64.7 Å². The van der Waals surface area contributed by atoms with Gasteiger partial charge in [-0.25, -0.2) is 15.0 Å². The van der Waals surface area contributed by atoms with Crippen molar-refractivity contribution < 1.29 is 4.42 Å².